The largest absolute Gasteiger partial charge is 0.367 e. The number of rotatable bonds is 8. The molecule has 3 aromatic rings. The Labute approximate surface area is 166 Å². The van der Waals surface area contributed by atoms with Crippen LogP contribution in [0.25, 0.3) is 17.0 Å². The fourth-order valence-corrected chi connectivity index (χ4v) is 3.57. The van der Waals surface area contributed by atoms with Gasteiger partial charge in [-0.1, -0.05) is 19.9 Å². The maximum Gasteiger partial charge on any atom is 0.155 e. The van der Waals surface area contributed by atoms with Gasteiger partial charge in [-0.3, -0.25) is 9.38 Å². The number of nitrogens with zero attached hydrogens (tertiary/aromatic N) is 4. The molecule has 3 aromatic heterocycles. The summed E-state index contributed by atoms with van der Waals surface area (Å²) in [7, 11) is 2.01. The number of fused-ring (bicyclic) bond motifs is 1. The van der Waals surface area contributed by atoms with E-state index in [1.165, 1.54) is 12.8 Å². The summed E-state index contributed by atoms with van der Waals surface area (Å²) in [5, 5.41) is 6.91. The third kappa shape index (κ3) is 3.74. The molecule has 0 radical (unpaired) electrons. The van der Waals surface area contributed by atoms with E-state index in [1.807, 2.05) is 31.6 Å². The fraction of sp³-hybridized carbons (Fsp3) is 0.500. The standard InChI is InChI=1S/C22H30N6/c1-5-16(11-15(2)23-4)26-20-8-6-7-17(27-20)18-12-25-21-13-24-19(14-28(18)21)22(3)9-10-22/h6-8,12-16,23H,5,9-11H2,1-4H3,(H,26,27). The summed E-state index contributed by atoms with van der Waals surface area (Å²) < 4.78 is 2.12. The highest BCUT2D eigenvalue weighted by molar-refractivity contribution is 5.61. The van der Waals surface area contributed by atoms with E-state index in [-0.39, 0.29) is 5.41 Å². The second kappa shape index (κ2) is 7.51. The number of aromatic nitrogens is 4. The van der Waals surface area contributed by atoms with Crippen LogP contribution in [0.2, 0.25) is 0 Å². The number of nitrogens with one attached hydrogen (secondary N) is 2. The minimum Gasteiger partial charge on any atom is -0.367 e. The van der Waals surface area contributed by atoms with Gasteiger partial charge >= 0.3 is 0 Å². The number of hydrogen-bond donors (Lipinski definition) is 2. The van der Waals surface area contributed by atoms with Crippen molar-refractivity contribution in [1.29, 1.82) is 0 Å². The van der Waals surface area contributed by atoms with E-state index < -0.39 is 0 Å². The van der Waals surface area contributed by atoms with Crippen molar-refractivity contribution in [3.05, 3.63) is 42.5 Å². The Hall–Kier alpha value is -2.47. The first kappa shape index (κ1) is 18.9. The maximum absolute atomic E-state index is 4.88. The minimum absolute atomic E-state index is 0.227. The number of anilines is 1. The molecular formula is C22H30N6. The van der Waals surface area contributed by atoms with Crippen LogP contribution >= 0.6 is 0 Å². The molecule has 6 heteroatoms. The van der Waals surface area contributed by atoms with Crippen molar-refractivity contribution in [2.24, 2.45) is 0 Å². The zero-order valence-electron chi connectivity index (χ0n) is 17.2. The van der Waals surface area contributed by atoms with Crippen molar-refractivity contribution in [2.45, 2.75) is 64.0 Å². The van der Waals surface area contributed by atoms with Crippen molar-refractivity contribution >= 4 is 11.5 Å². The highest BCUT2D eigenvalue weighted by atomic mass is 15.1. The first-order valence-corrected chi connectivity index (χ1v) is 10.3. The van der Waals surface area contributed by atoms with Gasteiger partial charge in [-0.25, -0.2) is 9.97 Å². The normalized spacial score (nSPS) is 17.4. The second-order valence-electron chi connectivity index (χ2n) is 8.29. The molecule has 1 aliphatic rings. The van der Waals surface area contributed by atoms with Gasteiger partial charge in [0.2, 0.25) is 0 Å². The summed E-state index contributed by atoms with van der Waals surface area (Å²) in [5.41, 5.74) is 4.15. The van der Waals surface area contributed by atoms with E-state index in [9.17, 15) is 0 Å². The number of imidazole rings is 1. The molecule has 6 nitrogen and oxygen atoms in total. The van der Waals surface area contributed by atoms with Crippen LogP contribution in [-0.4, -0.2) is 38.5 Å². The average Bonchev–Trinajstić information content (AvgIpc) is 3.32. The van der Waals surface area contributed by atoms with Crippen LogP contribution in [0.15, 0.2) is 36.8 Å². The molecule has 148 valence electrons. The second-order valence-corrected chi connectivity index (χ2v) is 8.29. The van der Waals surface area contributed by atoms with Gasteiger partial charge in [-0.05, 0) is 51.8 Å². The third-order valence-corrected chi connectivity index (χ3v) is 6.00. The summed E-state index contributed by atoms with van der Waals surface area (Å²) in [6.45, 7) is 6.69. The molecule has 2 atom stereocenters. The van der Waals surface area contributed by atoms with E-state index in [4.69, 9.17) is 4.98 Å². The summed E-state index contributed by atoms with van der Waals surface area (Å²) in [4.78, 5) is 14.0. The molecule has 0 aliphatic heterocycles. The zero-order chi connectivity index (χ0) is 19.7. The summed E-state index contributed by atoms with van der Waals surface area (Å²) in [6, 6.07) is 7.00. The van der Waals surface area contributed by atoms with E-state index >= 15 is 0 Å². The first-order valence-electron chi connectivity index (χ1n) is 10.3. The molecule has 3 heterocycles. The first-order chi connectivity index (χ1) is 13.5. The van der Waals surface area contributed by atoms with Crippen molar-refractivity contribution in [2.75, 3.05) is 12.4 Å². The van der Waals surface area contributed by atoms with Gasteiger partial charge in [0.05, 0.1) is 29.5 Å². The molecule has 0 amide bonds. The molecular weight excluding hydrogens is 348 g/mol. The quantitative estimate of drug-likeness (QED) is 0.619. The Morgan fingerprint density at radius 2 is 2.04 bits per heavy atom. The molecule has 1 aliphatic carbocycles. The molecule has 28 heavy (non-hydrogen) atoms. The molecule has 1 saturated carbocycles. The predicted molar refractivity (Wildman–Crippen MR) is 114 cm³/mol. The molecule has 0 bridgehead atoms. The highest BCUT2D eigenvalue weighted by Crippen LogP contribution is 2.46. The van der Waals surface area contributed by atoms with Gasteiger partial charge in [0.15, 0.2) is 5.65 Å². The van der Waals surface area contributed by atoms with Crippen molar-refractivity contribution in [1.82, 2.24) is 24.7 Å². The summed E-state index contributed by atoms with van der Waals surface area (Å²) in [6.07, 6.45) is 10.4. The Morgan fingerprint density at radius 3 is 2.75 bits per heavy atom. The van der Waals surface area contributed by atoms with Crippen molar-refractivity contribution in [3.63, 3.8) is 0 Å². The van der Waals surface area contributed by atoms with Crippen LogP contribution < -0.4 is 10.6 Å². The Balaban J connectivity index is 1.62. The lowest BCUT2D eigenvalue weighted by atomic mass is 10.1. The molecule has 0 aromatic carbocycles. The van der Waals surface area contributed by atoms with Crippen LogP contribution in [0.5, 0.6) is 0 Å². The molecule has 1 fully saturated rings. The van der Waals surface area contributed by atoms with E-state index in [0.29, 0.717) is 12.1 Å². The van der Waals surface area contributed by atoms with Crippen LogP contribution in [0.3, 0.4) is 0 Å². The van der Waals surface area contributed by atoms with Gasteiger partial charge < -0.3 is 10.6 Å². The van der Waals surface area contributed by atoms with Gasteiger partial charge in [-0.15, -0.1) is 0 Å². The van der Waals surface area contributed by atoms with Gasteiger partial charge in [0.25, 0.3) is 0 Å². The van der Waals surface area contributed by atoms with E-state index in [2.05, 4.69) is 58.0 Å². The molecule has 0 spiro atoms. The predicted octanol–water partition coefficient (Wildman–Crippen LogP) is 4.03. The zero-order valence-corrected chi connectivity index (χ0v) is 17.2. The van der Waals surface area contributed by atoms with Gasteiger partial charge in [-0.2, -0.15) is 0 Å². The monoisotopic (exact) mass is 378 g/mol. The average molecular weight is 379 g/mol. The Bertz CT molecular complexity index is 959. The minimum atomic E-state index is 0.227. The molecule has 2 unspecified atom stereocenters. The lowest BCUT2D eigenvalue weighted by molar-refractivity contribution is 0.502. The smallest absolute Gasteiger partial charge is 0.155 e. The lowest BCUT2D eigenvalue weighted by Crippen LogP contribution is -2.30. The highest BCUT2D eigenvalue weighted by Gasteiger charge is 2.40. The molecule has 2 N–H and O–H groups in total. The van der Waals surface area contributed by atoms with E-state index in [0.717, 1.165) is 41.4 Å². The fourth-order valence-electron chi connectivity index (χ4n) is 3.57. The topological polar surface area (TPSA) is 67.1 Å². The van der Waals surface area contributed by atoms with E-state index in [1.54, 1.807) is 0 Å². The number of pyridine rings is 1. The van der Waals surface area contributed by atoms with Crippen molar-refractivity contribution in [3.8, 4) is 11.4 Å². The Kier molecular flexibility index (Phi) is 5.06. The van der Waals surface area contributed by atoms with Gasteiger partial charge in [0.1, 0.15) is 5.82 Å². The summed E-state index contributed by atoms with van der Waals surface area (Å²) in [5.74, 6) is 0.908. The maximum atomic E-state index is 4.88. The third-order valence-electron chi connectivity index (χ3n) is 6.00. The van der Waals surface area contributed by atoms with Crippen molar-refractivity contribution < 1.29 is 0 Å². The van der Waals surface area contributed by atoms with Crippen LogP contribution in [0, 0.1) is 0 Å². The SMILES string of the molecule is CCC(CC(C)NC)Nc1cccc(-c2cnc3cnc(C4(C)CC4)cn23)n1. The van der Waals surface area contributed by atoms with Crippen LogP contribution in [0.1, 0.15) is 52.1 Å². The molecule has 4 rings (SSSR count). The Morgan fingerprint density at radius 1 is 1.21 bits per heavy atom. The van der Waals surface area contributed by atoms with Gasteiger partial charge in [0, 0.05) is 23.7 Å². The number of hydrogen-bond acceptors (Lipinski definition) is 5. The summed E-state index contributed by atoms with van der Waals surface area (Å²) >= 11 is 0. The van der Waals surface area contributed by atoms with Crippen LogP contribution in [-0.2, 0) is 5.41 Å². The van der Waals surface area contributed by atoms with Crippen LogP contribution in [0.4, 0.5) is 5.82 Å². The molecule has 0 saturated heterocycles. The lowest BCUT2D eigenvalue weighted by Gasteiger charge is -2.21.